The molecular formula is C53H90N2O39. The zero-order valence-corrected chi connectivity index (χ0v) is 51.2. The summed E-state index contributed by atoms with van der Waals surface area (Å²) in [5.41, 5.74) is 0. The summed E-state index contributed by atoms with van der Waals surface area (Å²) in [6.45, 7) is -3.26. The molecule has 39 atom stereocenters. The summed E-state index contributed by atoms with van der Waals surface area (Å²) in [5.74, 6) is -1.64. The number of hydrogen-bond donors (Lipinski definition) is 22. The molecule has 546 valence electrons. The van der Waals surface area contributed by atoms with Gasteiger partial charge in [-0.2, -0.15) is 0 Å². The molecular weight excluding hydrogens is 1290 g/mol. The van der Waals surface area contributed by atoms with Crippen molar-refractivity contribution in [2.75, 3.05) is 60.5 Å². The van der Waals surface area contributed by atoms with E-state index in [2.05, 4.69) is 10.6 Å². The lowest BCUT2D eigenvalue weighted by Gasteiger charge is -2.52. The van der Waals surface area contributed by atoms with E-state index in [9.17, 15) is 112 Å². The zero-order valence-electron chi connectivity index (χ0n) is 51.2. The number of carbonyl (C=O) groups is 2. The van der Waals surface area contributed by atoms with Crippen LogP contribution in [0.4, 0.5) is 0 Å². The minimum atomic E-state index is -2.30. The van der Waals surface area contributed by atoms with Crippen LogP contribution in [0, 0.1) is 0 Å². The van der Waals surface area contributed by atoms with Crippen LogP contribution < -0.4 is 10.6 Å². The Morgan fingerprint density at radius 1 is 0.340 bits per heavy atom. The van der Waals surface area contributed by atoms with E-state index in [0.717, 1.165) is 21.0 Å². The van der Waals surface area contributed by atoms with Gasteiger partial charge < -0.3 is 193 Å². The minimum absolute atomic E-state index is 0.698. The molecule has 0 aromatic carbocycles. The first-order valence-corrected chi connectivity index (χ1v) is 30.2. The molecule has 0 saturated carbocycles. The molecule has 41 heteroatoms. The molecule has 94 heavy (non-hydrogen) atoms. The topological polar surface area (TPSA) is 620 Å². The summed E-state index contributed by atoms with van der Waals surface area (Å²) in [6.07, 6.45) is -70.7. The average Bonchev–Trinajstić information content (AvgIpc) is 0.777. The van der Waals surface area contributed by atoms with Crippen molar-refractivity contribution in [2.24, 2.45) is 0 Å². The fourth-order valence-electron chi connectivity index (χ4n) is 12.5. The third kappa shape index (κ3) is 16.4. The number of methoxy groups -OCH3 is 2. The van der Waals surface area contributed by atoms with E-state index >= 15 is 0 Å². The molecule has 0 spiro atoms. The Morgan fingerprint density at radius 2 is 0.723 bits per heavy atom. The number of rotatable bonds is 24. The normalized spacial score (nSPS) is 50.4. The van der Waals surface area contributed by atoms with E-state index in [1.165, 1.54) is 14.0 Å². The van der Waals surface area contributed by atoms with Gasteiger partial charge >= 0.3 is 0 Å². The van der Waals surface area contributed by atoms with Crippen LogP contribution in [0.3, 0.4) is 0 Å². The molecule has 0 unspecified atom stereocenters. The maximum atomic E-state index is 13.1. The Kier molecular flexibility index (Phi) is 27.7. The van der Waals surface area contributed by atoms with E-state index < -0.39 is 297 Å². The molecule has 22 N–H and O–H groups in total. The quantitative estimate of drug-likeness (QED) is 0.0427. The van der Waals surface area contributed by atoms with Gasteiger partial charge in [0.2, 0.25) is 11.8 Å². The fourth-order valence-corrected chi connectivity index (χ4v) is 12.5. The molecule has 8 aliphatic heterocycles. The van der Waals surface area contributed by atoms with Gasteiger partial charge in [0.05, 0.1) is 52.4 Å². The highest BCUT2D eigenvalue weighted by Gasteiger charge is 2.61. The van der Waals surface area contributed by atoms with Crippen LogP contribution in [-0.4, -0.2) is 414 Å². The largest absolute Gasteiger partial charge is 0.394 e. The van der Waals surface area contributed by atoms with Crippen LogP contribution in [0.15, 0.2) is 0 Å². The Bertz CT molecular complexity index is 2350. The van der Waals surface area contributed by atoms with Crippen LogP contribution in [0.2, 0.25) is 0 Å². The monoisotopic (exact) mass is 1380 g/mol. The molecule has 8 heterocycles. The second-order valence-electron chi connectivity index (χ2n) is 23.8. The lowest BCUT2D eigenvalue weighted by molar-refractivity contribution is -0.410. The minimum Gasteiger partial charge on any atom is -0.394 e. The number of nitrogens with one attached hydrogen (secondary N) is 2. The van der Waals surface area contributed by atoms with Crippen LogP contribution in [0.5, 0.6) is 0 Å². The maximum Gasteiger partial charge on any atom is 0.217 e. The Morgan fingerprint density at radius 3 is 1.31 bits per heavy atom. The Labute approximate surface area is 534 Å². The van der Waals surface area contributed by atoms with Gasteiger partial charge in [-0.1, -0.05) is 0 Å². The van der Waals surface area contributed by atoms with Crippen molar-refractivity contribution in [2.45, 2.75) is 260 Å². The van der Waals surface area contributed by atoms with Gasteiger partial charge in [0, 0.05) is 28.1 Å². The van der Waals surface area contributed by atoms with E-state index in [-0.39, 0.29) is 0 Å². The number of hydrogen-bond acceptors (Lipinski definition) is 39. The average molecular weight is 1380 g/mol. The number of carbonyl (C=O) groups excluding carboxylic acids is 2. The summed E-state index contributed by atoms with van der Waals surface area (Å²) in [4.78, 5) is 25.7. The van der Waals surface area contributed by atoms with Crippen molar-refractivity contribution in [3.63, 3.8) is 0 Å². The molecule has 8 saturated heterocycles. The second kappa shape index (κ2) is 33.8. The third-order valence-corrected chi connectivity index (χ3v) is 17.5. The van der Waals surface area contributed by atoms with Crippen molar-refractivity contribution in [3.8, 4) is 0 Å². The van der Waals surface area contributed by atoms with Crippen molar-refractivity contribution < 1.29 is 192 Å². The molecule has 8 aliphatic rings. The second-order valence-corrected chi connectivity index (χ2v) is 23.8. The molecule has 8 rings (SSSR count). The van der Waals surface area contributed by atoms with Gasteiger partial charge in [0.15, 0.2) is 50.3 Å². The highest BCUT2D eigenvalue weighted by Crippen LogP contribution is 2.40. The number of aliphatic hydroxyl groups excluding tert-OH is 20. The van der Waals surface area contributed by atoms with Crippen molar-refractivity contribution >= 4 is 11.8 Å². The van der Waals surface area contributed by atoms with E-state index in [1.807, 2.05) is 0 Å². The molecule has 41 nitrogen and oxygen atoms in total. The van der Waals surface area contributed by atoms with Crippen molar-refractivity contribution in [3.05, 3.63) is 0 Å². The van der Waals surface area contributed by atoms with Crippen molar-refractivity contribution in [1.82, 2.24) is 10.6 Å². The van der Waals surface area contributed by atoms with Gasteiger partial charge in [-0.15, -0.1) is 0 Å². The van der Waals surface area contributed by atoms with E-state index in [0.29, 0.717) is 0 Å². The van der Waals surface area contributed by atoms with Crippen LogP contribution >= 0.6 is 0 Å². The van der Waals surface area contributed by atoms with E-state index in [1.54, 1.807) is 0 Å². The van der Waals surface area contributed by atoms with Crippen LogP contribution in [-0.2, 0) is 90.1 Å². The van der Waals surface area contributed by atoms with Gasteiger partial charge in [-0.3, -0.25) is 9.59 Å². The lowest BCUT2D eigenvalue weighted by atomic mass is 9.94. The standard InChI is InChI=1S/C53H90N2O39/c1-13-37(88-50-35(75)32(72)38(78-4)20(9-59)87-50)43(91-48-24(55-15(3)63)41(79-5)27(67)18(7-57)83-48)36(76)51(81-13)89-39-22(11-61)86-47(23(29(39)69)54-14(2)62)93-44-30(70)26(66)17(6-56)84-52(44)92-42-28(68)19(8-58)85-53(45(42)94-49-34(74)25(65)16(64)12-80-49)90-40-21(10-60)82-46(77)33(73)31(40)71/h13,16-53,56-61,64-77H,6-12H2,1-5H3,(H,54,62)(H,55,63)/t13-,16+,17+,18+,19+,20+,21+,22+,23+,24+,25-,26+,27-,28+,29+,30-,31+,32+,33+,34+,35+,36-,37+,38+,39+,40+,41+,42-,43-,44-,45-,46+,47-,48+,49-,50-,51-,52+,53-/m0/s1. The molecule has 0 aliphatic carbocycles. The van der Waals surface area contributed by atoms with Gasteiger partial charge in [-0.05, 0) is 6.92 Å². The first-order chi connectivity index (χ1) is 44.6. The first-order valence-electron chi connectivity index (χ1n) is 30.2. The summed E-state index contributed by atoms with van der Waals surface area (Å²) in [7, 11) is 2.34. The predicted octanol–water partition coefficient (Wildman–Crippen LogP) is -15.2. The molecule has 0 aromatic heterocycles. The summed E-state index contributed by atoms with van der Waals surface area (Å²) in [6, 6.07) is -3.38. The molecule has 0 bridgehead atoms. The zero-order chi connectivity index (χ0) is 69.1. The molecule has 0 radical (unpaired) electrons. The number of ether oxygens (including phenoxy) is 17. The van der Waals surface area contributed by atoms with Gasteiger partial charge in [-0.25, -0.2) is 0 Å². The van der Waals surface area contributed by atoms with Crippen LogP contribution in [0.25, 0.3) is 0 Å². The van der Waals surface area contributed by atoms with Gasteiger partial charge in [0.1, 0.15) is 183 Å². The summed E-state index contributed by atoms with van der Waals surface area (Å²) >= 11 is 0. The highest BCUT2D eigenvalue weighted by molar-refractivity contribution is 5.73. The van der Waals surface area contributed by atoms with Crippen LogP contribution in [0.1, 0.15) is 20.8 Å². The molecule has 0 aromatic rings. The predicted molar refractivity (Wildman–Crippen MR) is 290 cm³/mol. The fraction of sp³-hybridized carbons (Fsp3) is 0.962. The van der Waals surface area contributed by atoms with Crippen molar-refractivity contribution in [1.29, 1.82) is 0 Å². The van der Waals surface area contributed by atoms with E-state index in [4.69, 9.17) is 80.5 Å². The number of amides is 2. The highest BCUT2D eigenvalue weighted by atomic mass is 16.8. The number of aliphatic hydroxyl groups is 20. The third-order valence-electron chi connectivity index (χ3n) is 17.5. The maximum absolute atomic E-state index is 13.1. The first kappa shape index (κ1) is 77.2. The SMILES string of the molecule is CO[C@H]1[C@@H](O)[C@@H](CO)O[C@H](O[C@H]2[C@H](O)[C@H](O[C@H]3[C@H](O)[C@@H](NC(C)=O)[C@H](O[C@@H]4[C@@H](O[C@H]5[C@H](O)[C@@H](CO)O[C@@H](O[C@H]6[C@H](O)[C@@H](O)[C@H](O)O[C@@H]6CO)[C@H]5O[C@@H]5OC[C@@H](O)[C@H](O)[C@H]5O)O[C@H](CO)[C@@H](O)[C@@H]4O)O[C@@H]3CO)O[C@@H](C)[C@H]2O[C@@H]2O[C@H](CO)[C@@H](OC)[C@H](O)[C@H]2O)[C@@H]1NC(C)=O. The molecule has 8 fully saturated rings. The smallest absolute Gasteiger partial charge is 0.217 e. The summed E-state index contributed by atoms with van der Waals surface area (Å²) < 4.78 is 100. The van der Waals surface area contributed by atoms with Gasteiger partial charge in [0.25, 0.3) is 0 Å². The Balaban J connectivity index is 1.10. The molecule has 2 amide bonds. The lowest BCUT2D eigenvalue weighted by Crippen LogP contribution is -2.71. The summed E-state index contributed by atoms with van der Waals surface area (Å²) in [5, 5.41) is 225. The Hall–Kier alpha value is -2.54.